The van der Waals surface area contributed by atoms with Crippen molar-refractivity contribution in [2.75, 3.05) is 0 Å². The van der Waals surface area contributed by atoms with Gasteiger partial charge in [-0.25, -0.2) is 0 Å². The Bertz CT molecular complexity index is 418. The second kappa shape index (κ2) is 11.4. The average Bonchev–Trinajstić information content (AvgIpc) is 2.79. The molecule has 3 N–H and O–H groups in total. The summed E-state index contributed by atoms with van der Waals surface area (Å²) in [5.41, 5.74) is 0. The molecule has 0 aromatic carbocycles. The zero-order valence-electron chi connectivity index (χ0n) is 14.7. The number of carboxylic acid groups (broad SMARTS) is 1. The molecular weight excluding hydrogens is 308 g/mol. The molecule has 0 aliphatic heterocycles. The molecule has 1 rings (SSSR count). The van der Waals surface area contributed by atoms with Gasteiger partial charge in [-0.05, 0) is 19.3 Å². The molecule has 1 aliphatic rings. The zero-order chi connectivity index (χ0) is 17.9. The molecule has 0 radical (unpaired) electrons. The van der Waals surface area contributed by atoms with Crippen molar-refractivity contribution in [3.05, 3.63) is 12.2 Å². The summed E-state index contributed by atoms with van der Waals surface area (Å²) < 4.78 is 0. The number of carbonyl (C=O) groups is 2. The summed E-state index contributed by atoms with van der Waals surface area (Å²) in [6.07, 6.45) is 9.50. The van der Waals surface area contributed by atoms with Crippen LogP contribution in [0, 0.1) is 11.8 Å². The van der Waals surface area contributed by atoms with Crippen LogP contribution in [0.25, 0.3) is 0 Å². The summed E-state index contributed by atoms with van der Waals surface area (Å²) in [6.45, 7) is 2.07. The van der Waals surface area contributed by atoms with Crippen LogP contribution < -0.4 is 0 Å². The summed E-state index contributed by atoms with van der Waals surface area (Å²) >= 11 is 0. The van der Waals surface area contributed by atoms with E-state index in [4.69, 9.17) is 5.11 Å². The highest BCUT2D eigenvalue weighted by Crippen LogP contribution is 2.34. The highest BCUT2D eigenvalue weighted by Gasteiger charge is 2.39. The number of Topliss-reactive ketones (excluding diaryl/α,β-unsaturated/α-hetero) is 1. The topological polar surface area (TPSA) is 94.8 Å². The van der Waals surface area contributed by atoms with Gasteiger partial charge in [0.15, 0.2) is 0 Å². The number of aliphatic hydroxyl groups excluding tert-OH is 2. The molecule has 0 heterocycles. The minimum atomic E-state index is -0.768. The number of hydrogen-bond donors (Lipinski definition) is 3. The average molecular weight is 340 g/mol. The van der Waals surface area contributed by atoms with Gasteiger partial charge in [-0.3, -0.25) is 9.59 Å². The van der Waals surface area contributed by atoms with Crippen LogP contribution in [0.5, 0.6) is 0 Å². The van der Waals surface area contributed by atoms with Crippen LogP contribution in [0.2, 0.25) is 0 Å². The summed E-state index contributed by atoms with van der Waals surface area (Å²) in [5, 5.41) is 28.6. The number of aliphatic carboxylic acids is 1. The quantitative estimate of drug-likeness (QED) is 0.375. The molecule has 138 valence electrons. The summed E-state index contributed by atoms with van der Waals surface area (Å²) in [6, 6.07) is 0. The van der Waals surface area contributed by atoms with Crippen LogP contribution in [0.3, 0.4) is 0 Å². The molecule has 0 aromatic heterocycles. The van der Waals surface area contributed by atoms with Gasteiger partial charge in [0.25, 0.3) is 0 Å². The Morgan fingerprint density at radius 3 is 2.62 bits per heavy atom. The first-order valence-corrected chi connectivity index (χ1v) is 9.24. The number of carboxylic acids is 1. The van der Waals surface area contributed by atoms with Crippen LogP contribution in [-0.2, 0) is 9.59 Å². The Labute approximate surface area is 144 Å². The molecule has 4 atom stereocenters. The number of aliphatic hydroxyl groups is 2. The van der Waals surface area contributed by atoms with E-state index in [1.165, 1.54) is 0 Å². The number of carbonyl (C=O) groups excluding carboxylic acids is 1. The summed E-state index contributed by atoms with van der Waals surface area (Å²) in [7, 11) is 0. The third-order valence-electron chi connectivity index (χ3n) is 4.80. The SMILES string of the molecule is CCCCC(O)/C=C/[C@H]1[C@H](O)CC(=O)[C@@H]1CCCCCCC(=O)O. The maximum atomic E-state index is 12.1. The standard InChI is InChI=1S/C19H32O5/c1-2-3-8-14(20)11-12-16-15(17(21)13-18(16)22)9-6-4-5-7-10-19(23)24/h11-12,14-16,18,20,22H,2-10,13H2,1H3,(H,23,24)/b12-11+/t14?,15-,16-,18-/m1/s1. The van der Waals surface area contributed by atoms with Crippen LogP contribution in [-0.4, -0.2) is 39.3 Å². The molecule has 1 unspecified atom stereocenters. The highest BCUT2D eigenvalue weighted by molar-refractivity contribution is 5.84. The van der Waals surface area contributed by atoms with Gasteiger partial charge < -0.3 is 15.3 Å². The van der Waals surface area contributed by atoms with E-state index < -0.39 is 18.2 Å². The van der Waals surface area contributed by atoms with Gasteiger partial charge in [-0.15, -0.1) is 0 Å². The van der Waals surface area contributed by atoms with E-state index in [9.17, 15) is 19.8 Å². The molecule has 24 heavy (non-hydrogen) atoms. The second-order valence-corrected chi connectivity index (χ2v) is 6.86. The number of hydrogen-bond acceptors (Lipinski definition) is 4. The fourth-order valence-corrected chi connectivity index (χ4v) is 3.35. The Hall–Kier alpha value is -1.20. The molecule has 0 spiro atoms. The number of unbranched alkanes of at least 4 members (excludes halogenated alkanes) is 4. The lowest BCUT2D eigenvalue weighted by molar-refractivity contribution is -0.137. The molecule has 0 saturated heterocycles. The van der Waals surface area contributed by atoms with Crippen molar-refractivity contribution in [2.45, 2.75) is 83.3 Å². The Kier molecular flexibility index (Phi) is 9.88. The largest absolute Gasteiger partial charge is 0.481 e. The molecule has 1 fully saturated rings. The van der Waals surface area contributed by atoms with Crippen molar-refractivity contribution in [3.8, 4) is 0 Å². The lowest BCUT2D eigenvalue weighted by Crippen LogP contribution is -2.19. The van der Waals surface area contributed by atoms with Crippen molar-refractivity contribution in [1.82, 2.24) is 0 Å². The first kappa shape index (κ1) is 20.8. The lowest BCUT2D eigenvalue weighted by atomic mass is 9.88. The van der Waals surface area contributed by atoms with E-state index in [0.717, 1.165) is 38.5 Å². The Morgan fingerprint density at radius 2 is 1.96 bits per heavy atom. The van der Waals surface area contributed by atoms with Crippen LogP contribution in [0.1, 0.15) is 71.1 Å². The van der Waals surface area contributed by atoms with Crippen molar-refractivity contribution in [1.29, 1.82) is 0 Å². The van der Waals surface area contributed by atoms with Crippen molar-refractivity contribution >= 4 is 11.8 Å². The van der Waals surface area contributed by atoms with Gasteiger partial charge in [-0.2, -0.15) is 0 Å². The summed E-state index contributed by atoms with van der Waals surface area (Å²) in [4.78, 5) is 22.5. The first-order valence-electron chi connectivity index (χ1n) is 9.24. The molecular formula is C19H32O5. The molecule has 0 aromatic rings. The van der Waals surface area contributed by atoms with Gasteiger partial charge in [0.2, 0.25) is 0 Å². The van der Waals surface area contributed by atoms with Gasteiger partial charge in [-0.1, -0.05) is 51.2 Å². The maximum absolute atomic E-state index is 12.1. The minimum absolute atomic E-state index is 0.103. The normalized spacial score (nSPS) is 25.5. The van der Waals surface area contributed by atoms with E-state index in [-0.39, 0.29) is 30.5 Å². The third-order valence-corrected chi connectivity index (χ3v) is 4.80. The second-order valence-electron chi connectivity index (χ2n) is 6.86. The van der Waals surface area contributed by atoms with Gasteiger partial charge in [0, 0.05) is 24.7 Å². The Balaban J connectivity index is 2.40. The lowest BCUT2D eigenvalue weighted by Gasteiger charge is -2.18. The fourth-order valence-electron chi connectivity index (χ4n) is 3.35. The van der Waals surface area contributed by atoms with E-state index in [2.05, 4.69) is 6.92 Å². The van der Waals surface area contributed by atoms with Crippen molar-refractivity contribution in [3.63, 3.8) is 0 Å². The molecule has 0 amide bonds. The molecule has 0 bridgehead atoms. The monoisotopic (exact) mass is 340 g/mol. The zero-order valence-corrected chi connectivity index (χ0v) is 14.7. The number of ketones is 1. The molecule has 5 heteroatoms. The van der Waals surface area contributed by atoms with Crippen LogP contribution in [0.15, 0.2) is 12.2 Å². The molecule has 1 saturated carbocycles. The van der Waals surface area contributed by atoms with Gasteiger partial charge in [0.1, 0.15) is 5.78 Å². The van der Waals surface area contributed by atoms with E-state index >= 15 is 0 Å². The van der Waals surface area contributed by atoms with Gasteiger partial charge in [0.05, 0.1) is 12.2 Å². The fraction of sp³-hybridized carbons (Fsp3) is 0.789. The first-order chi connectivity index (χ1) is 11.5. The van der Waals surface area contributed by atoms with E-state index in [1.54, 1.807) is 6.08 Å². The number of rotatable bonds is 12. The maximum Gasteiger partial charge on any atom is 0.303 e. The van der Waals surface area contributed by atoms with Crippen LogP contribution in [0.4, 0.5) is 0 Å². The predicted octanol–water partition coefficient (Wildman–Crippen LogP) is 3.09. The smallest absolute Gasteiger partial charge is 0.303 e. The minimum Gasteiger partial charge on any atom is -0.481 e. The Morgan fingerprint density at radius 1 is 1.25 bits per heavy atom. The van der Waals surface area contributed by atoms with Crippen LogP contribution >= 0.6 is 0 Å². The third kappa shape index (κ3) is 7.58. The van der Waals surface area contributed by atoms with Crippen molar-refractivity contribution in [2.24, 2.45) is 11.8 Å². The van der Waals surface area contributed by atoms with Crippen molar-refractivity contribution < 1.29 is 24.9 Å². The van der Waals surface area contributed by atoms with Gasteiger partial charge >= 0.3 is 5.97 Å². The van der Waals surface area contributed by atoms with E-state index in [1.807, 2.05) is 6.08 Å². The predicted molar refractivity (Wildman–Crippen MR) is 92.6 cm³/mol. The summed E-state index contributed by atoms with van der Waals surface area (Å²) in [5.74, 6) is -1.04. The molecule has 5 nitrogen and oxygen atoms in total. The highest BCUT2D eigenvalue weighted by atomic mass is 16.4. The van der Waals surface area contributed by atoms with E-state index in [0.29, 0.717) is 12.8 Å². The molecule has 1 aliphatic carbocycles.